The predicted octanol–water partition coefficient (Wildman–Crippen LogP) is 3.73. The molecule has 0 radical (unpaired) electrons. The molecular weight excluding hydrogens is 399 g/mol. The molecule has 2 N–H and O–H groups in total. The second kappa shape index (κ2) is 7.16. The minimum atomic E-state index is -5.27. The minimum Gasteiger partial charge on any atom is -0.314 e. The maximum absolute atomic E-state index is 13.9. The Bertz CT molecular complexity index is 983. The monoisotopic (exact) mass is 419 g/mol. The maximum Gasteiger partial charge on any atom is 0.440 e. The molecule has 6 nitrogen and oxygen atoms in total. The van der Waals surface area contributed by atoms with E-state index in [4.69, 9.17) is 0 Å². The van der Waals surface area contributed by atoms with Crippen LogP contribution in [0.3, 0.4) is 0 Å². The number of rotatable bonds is 3. The number of benzene rings is 2. The van der Waals surface area contributed by atoms with Gasteiger partial charge in [-0.3, -0.25) is 14.9 Å². The number of carbonyl (C=O) groups excluding carboxylic acids is 3. The van der Waals surface area contributed by atoms with Crippen LogP contribution in [0.25, 0.3) is 0 Å². The van der Waals surface area contributed by atoms with Gasteiger partial charge in [0.05, 0.1) is 5.69 Å². The zero-order valence-corrected chi connectivity index (χ0v) is 16.5. The SMILES string of the molecule is CC(C)(C)c1ccc(C(=O)N[C@]2(C(F)(F)F)NC(=O)N(c3ccccc3)C2=O)cc1. The molecule has 1 saturated heterocycles. The summed E-state index contributed by atoms with van der Waals surface area (Å²) in [6.07, 6.45) is -5.27. The van der Waals surface area contributed by atoms with E-state index in [9.17, 15) is 27.6 Å². The summed E-state index contributed by atoms with van der Waals surface area (Å²) in [6, 6.07) is 11.9. The van der Waals surface area contributed by atoms with E-state index in [-0.39, 0.29) is 16.7 Å². The van der Waals surface area contributed by atoms with Crippen LogP contribution >= 0.6 is 0 Å². The summed E-state index contributed by atoms with van der Waals surface area (Å²) in [5.74, 6) is -2.78. The van der Waals surface area contributed by atoms with Crippen molar-refractivity contribution in [2.45, 2.75) is 38.0 Å². The van der Waals surface area contributed by atoms with Crippen LogP contribution in [0.2, 0.25) is 0 Å². The molecule has 1 fully saturated rings. The Balaban J connectivity index is 1.95. The van der Waals surface area contributed by atoms with E-state index < -0.39 is 29.7 Å². The highest BCUT2D eigenvalue weighted by atomic mass is 19.4. The van der Waals surface area contributed by atoms with Crippen molar-refractivity contribution in [1.82, 2.24) is 10.6 Å². The van der Waals surface area contributed by atoms with Gasteiger partial charge in [0, 0.05) is 5.56 Å². The Morgan fingerprint density at radius 2 is 1.53 bits per heavy atom. The minimum absolute atomic E-state index is 0.0464. The first kappa shape index (κ1) is 21.4. The average molecular weight is 419 g/mol. The standard InChI is InChI=1S/C21H20F3N3O3/c1-19(2,3)14-11-9-13(10-12-14)16(28)25-20(21(22,23)24)17(29)27(18(30)26-20)15-7-5-4-6-8-15/h4-12H,1-3H3,(H,25,28)(H,26,30)/t20-/m0/s1. The molecule has 0 spiro atoms. The maximum atomic E-state index is 13.9. The number of hydrogen-bond acceptors (Lipinski definition) is 3. The van der Waals surface area contributed by atoms with E-state index in [1.165, 1.54) is 36.4 Å². The fourth-order valence-corrected chi connectivity index (χ4v) is 3.05. The normalized spacial score (nSPS) is 19.6. The lowest BCUT2D eigenvalue weighted by molar-refractivity contribution is -0.197. The summed E-state index contributed by atoms with van der Waals surface area (Å²) < 4.78 is 41.8. The molecule has 0 aliphatic carbocycles. The lowest BCUT2D eigenvalue weighted by Crippen LogP contribution is -2.69. The number of urea groups is 1. The summed E-state index contributed by atoms with van der Waals surface area (Å²) in [4.78, 5) is 37.9. The molecule has 1 aliphatic rings. The van der Waals surface area contributed by atoms with Crippen LogP contribution in [0.5, 0.6) is 0 Å². The summed E-state index contributed by atoms with van der Waals surface area (Å²) in [7, 11) is 0. The van der Waals surface area contributed by atoms with Crippen LogP contribution in [0.4, 0.5) is 23.7 Å². The molecule has 0 unspecified atom stereocenters. The quantitative estimate of drug-likeness (QED) is 0.745. The Labute approximate surface area is 171 Å². The third-order valence-electron chi connectivity index (χ3n) is 4.78. The van der Waals surface area contributed by atoms with Gasteiger partial charge in [-0.05, 0) is 35.2 Å². The number of imide groups is 1. The highest BCUT2D eigenvalue weighted by Gasteiger charge is 2.69. The summed E-state index contributed by atoms with van der Waals surface area (Å²) >= 11 is 0. The highest BCUT2D eigenvalue weighted by Crippen LogP contribution is 2.36. The van der Waals surface area contributed by atoms with Gasteiger partial charge in [0.15, 0.2) is 0 Å². The molecule has 1 aliphatic heterocycles. The summed E-state index contributed by atoms with van der Waals surface area (Å²) in [5.41, 5.74) is -3.03. The van der Waals surface area contributed by atoms with Gasteiger partial charge in [-0.2, -0.15) is 13.2 Å². The summed E-state index contributed by atoms with van der Waals surface area (Å²) in [5, 5.41) is 3.32. The average Bonchev–Trinajstić information content (AvgIpc) is 2.92. The first-order valence-corrected chi connectivity index (χ1v) is 9.08. The molecule has 2 aromatic carbocycles. The van der Waals surface area contributed by atoms with Gasteiger partial charge in [0.1, 0.15) is 0 Å². The van der Waals surface area contributed by atoms with E-state index in [0.29, 0.717) is 4.90 Å². The van der Waals surface area contributed by atoms with Gasteiger partial charge >= 0.3 is 12.2 Å². The molecule has 0 aromatic heterocycles. The first-order chi connectivity index (χ1) is 13.9. The van der Waals surface area contributed by atoms with Crippen molar-refractivity contribution in [3.8, 4) is 0 Å². The predicted molar refractivity (Wildman–Crippen MR) is 104 cm³/mol. The van der Waals surface area contributed by atoms with Gasteiger partial charge in [0.25, 0.3) is 17.5 Å². The van der Waals surface area contributed by atoms with Crippen molar-refractivity contribution in [1.29, 1.82) is 0 Å². The number of hydrogen-bond donors (Lipinski definition) is 2. The lowest BCUT2D eigenvalue weighted by Gasteiger charge is -2.30. The zero-order valence-electron chi connectivity index (χ0n) is 16.5. The van der Waals surface area contributed by atoms with Gasteiger partial charge in [-0.1, -0.05) is 51.1 Å². The van der Waals surface area contributed by atoms with Crippen molar-refractivity contribution in [2.24, 2.45) is 0 Å². The Morgan fingerprint density at radius 1 is 0.967 bits per heavy atom. The third kappa shape index (κ3) is 3.62. The number of para-hydroxylation sites is 1. The number of amides is 4. The topological polar surface area (TPSA) is 78.5 Å². The molecule has 4 amide bonds. The molecular formula is C21H20F3N3O3. The number of anilines is 1. The van der Waals surface area contributed by atoms with Crippen molar-refractivity contribution in [3.63, 3.8) is 0 Å². The molecule has 30 heavy (non-hydrogen) atoms. The Hall–Kier alpha value is -3.36. The van der Waals surface area contributed by atoms with Crippen LogP contribution < -0.4 is 15.5 Å². The molecule has 158 valence electrons. The Morgan fingerprint density at radius 3 is 2.03 bits per heavy atom. The fourth-order valence-electron chi connectivity index (χ4n) is 3.05. The Kier molecular flexibility index (Phi) is 5.09. The number of halogens is 3. The van der Waals surface area contributed by atoms with Gasteiger partial charge in [-0.25, -0.2) is 9.69 Å². The number of carbonyl (C=O) groups is 3. The molecule has 9 heteroatoms. The van der Waals surface area contributed by atoms with E-state index in [2.05, 4.69) is 0 Å². The van der Waals surface area contributed by atoms with Crippen LogP contribution in [-0.2, 0) is 10.2 Å². The molecule has 2 aromatic rings. The van der Waals surface area contributed by atoms with E-state index in [1.807, 2.05) is 20.8 Å². The zero-order chi connectivity index (χ0) is 22.3. The third-order valence-corrected chi connectivity index (χ3v) is 4.78. The van der Waals surface area contributed by atoms with Crippen molar-refractivity contribution in [2.75, 3.05) is 4.90 Å². The van der Waals surface area contributed by atoms with Crippen LogP contribution in [-0.4, -0.2) is 29.7 Å². The molecule has 1 heterocycles. The molecule has 0 bridgehead atoms. The second-order valence-corrected chi connectivity index (χ2v) is 7.94. The first-order valence-electron chi connectivity index (χ1n) is 9.08. The summed E-state index contributed by atoms with van der Waals surface area (Å²) in [6.45, 7) is 5.85. The van der Waals surface area contributed by atoms with Crippen molar-refractivity contribution >= 4 is 23.5 Å². The van der Waals surface area contributed by atoms with Crippen molar-refractivity contribution < 1.29 is 27.6 Å². The van der Waals surface area contributed by atoms with Crippen LogP contribution in [0.15, 0.2) is 54.6 Å². The molecule has 0 saturated carbocycles. The molecule has 1 atom stereocenters. The van der Waals surface area contributed by atoms with Gasteiger partial charge in [0.2, 0.25) is 0 Å². The lowest BCUT2D eigenvalue weighted by atomic mass is 9.86. The molecule has 3 rings (SSSR count). The smallest absolute Gasteiger partial charge is 0.314 e. The number of alkyl halides is 3. The van der Waals surface area contributed by atoms with Crippen LogP contribution in [0.1, 0.15) is 36.7 Å². The van der Waals surface area contributed by atoms with E-state index in [1.54, 1.807) is 28.8 Å². The van der Waals surface area contributed by atoms with Gasteiger partial charge < -0.3 is 5.32 Å². The fraction of sp³-hybridized carbons (Fsp3) is 0.286. The second-order valence-electron chi connectivity index (χ2n) is 7.94. The van der Waals surface area contributed by atoms with Gasteiger partial charge in [-0.15, -0.1) is 0 Å². The largest absolute Gasteiger partial charge is 0.440 e. The number of nitrogens with one attached hydrogen (secondary N) is 2. The van der Waals surface area contributed by atoms with Crippen molar-refractivity contribution in [3.05, 3.63) is 65.7 Å². The van der Waals surface area contributed by atoms with E-state index in [0.717, 1.165) is 5.56 Å². The van der Waals surface area contributed by atoms with E-state index >= 15 is 0 Å². The van der Waals surface area contributed by atoms with Crippen LogP contribution in [0, 0.1) is 0 Å². The highest BCUT2D eigenvalue weighted by molar-refractivity contribution is 6.24. The number of nitrogens with zero attached hydrogens (tertiary/aromatic N) is 1.